The average molecular weight is 633 g/mol. The van der Waals surface area contributed by atoms with Crippen LogP contribution in [0.5, 0.6) is 11.5 Å². The smallest absolute Gasteiger partial charge is 0.308 e. The number of aromatic nitrogens is 1. The van der Waals surface area contributed by atoms with Gasteiger partial charge in [0, 0.05) is 22.6 Å². The second-order valence-electron chi connectivity index (χ2n) is 9.18. The number of esters is 1. The Morgan fingerprint density at radius 1 is 1.10 bits per heavy atom. The summed E-state index contributed by atoms with van der Waals surface area (Å²) in [6, 6.07) is 20.9. The van der Waals surface area contributed by atoms with Gasteiger partial charge in [-0.2, -0.15) is 0 Å². The van der Waals surface area contributed by atoms with E-state index in [0.29, 0.717) is 50.0 Å². The van der Waals surface area contributed by atoms with Crippen LogP contribution in [-0.4, -0.2) is 23.1 Å². The number of para-hydroxylation sites is 1. The number of halogens is 1. The summed E-state index contributed by atoms with van der Waals surface area (Å²) in [4.78, 5) is 44.5. The van der Waals surface area contributed by atoms with Gasteiger partial charge >= 0.3 is 5.97 Å². The fourth-order valence-corrected chi connectivity index (χ4v) is 6.00. The summed E-state index contributed by atoms with van der Waals surface area (Å²) in [6.07, 6.45) is 1.67. The van der Waals surface area contributed by atoms with E-state index in [2.05, 4.69) is 26.2 Å². The van der Waals surface area contributed by atoms with Gasteiger partial charge < -0.3 is 14.8 Å². The third-order valence-electron chi connectivity index (χ3n) is 6.32. The van der Waals surface area contributed by atoms with E-state index in [-0.39, 0.29) is 11.5 Å². The zero-order valence-electron chi connectivity index (χ0n) is 22.5. The summed E-state index contributed by atoms with van der Waals surface area (Å²) < 4.78 is 13.7. The van der Waals surface area contributed by atoms with Crippen molar-refractivity contribution in [3.8, 4) is 11.5 Å². The number of hydrogen-bond acceptors (Lipinski definition) is 7. The number of fused-ring (bicyclic) bond motifs is 1. The lowest BCUT2D eigenvalue weighted by Gasteiger charge is -2.25. The molecular weight excluding hydrogens is 606 g/mol. The van der Waals surface area contributed by atoms with E-state index in [1.165, 1.54) is 18.3 Å². The molecule has 41 heavy (non-hydrogen) atoms. The first kappa shape index (κ1) is 28.3. The lowest BCUT2D eigenvalue weighted by Crippen LogP contribution is -2.40. The molecule has 0 fully saturated rings. The number of thiazole rings is 1. The standard InChI is InChI=1S/C31H26BrN3O5S/c1-4-39-24-13-10-20(11-14-24)28-27(29(37)34-23-8-6-5-7-9-23)18(2)33-31-35(28)30(38)26(41-31)17-21-16-22(32)12-15-25(21)40-19(3)36/h5-17,28H,4H2,1-3H3,(H,34,37)/b26-17-/t28-/m0/s1. The number of rotatable bonds is 7. The third kappa shape index (κ3) is 6.08. The monoisotopic (exact) mass is 631 g/mol. The molecule has 4 aromatic rings. The number of carbonyl (C=O) groups excluding carboxylic acids is 2. The van der Waals surface area contributed by atoms with E-state index in [1.54, 1.807) is 47.9 Å². The van der Waals surface area contributed by atoms with Gasteiger partial charge in [0.25, 0.3) is 11.5 Å². The lowest BCUT2D eigenvalue weighted by atomic mass is 9.95. The fraction of sp³-hybridized carbons (Fsp3) is 0.161. The molecule has 0 aliphatic carbocycles. The van der Waals surface area contributed by atoms with E-state index in [0.717, 1.165) is 10.0 Å². The van der Waals surface area contributed by atoms with Gasteiger partial charge in [0.1, 0.15) is 11.5 Å². The molecule has 1 N–H and O–H groups in total. The van der Waals surface area contributed by atoms with E-state index >= 15 is 0 Å². The summed E-state index contributed by atoms with van der Waals surface area (Å²) >= 11 is 4.65. The highest BCUT2D eigenvalue weighted by Crippen LogP contribution is 2.32. The molecule has 0 saturated carbocycles. The Bertz CT molecular complexity index is 1840. The molecular formula is C31H26BrN3O5S. The maximum atomic E-state index is 14.0. The van der Waals surface area contributed by atoms with Gasteiger partial charge in [0.15, 0.2) is 4.80 Å². The summed E-state index contributed by atoms with van der Waals surface area (Å²) in [5, 5.41) is 2.95. The summed E-state index contributed by atoms with van der Waals surface area (Å²) in [7, 11) is 0. The van der Waals surface area contributed by atoms with E-state index in [9.17, 15) is 14.4 Å². The van der Waals surface area contributed by atoms with Crippen LogP contribution in [0.25, 0.3) is 6.08 Å². The Labute approximate surface area is 248 Å². The molecule has 1 aliphatic rings. The Hall–Kier alpha value is -4.28. The highest BCUT2D eigenvalue weighted by molar-refractivity contribution is 9.10. The zero-order chi connectivity index (χ0) is 29.1. The molecule has 3 aromatic carbocycles. The first-order valence-corrected chi connectivity index (χ1v) is 14.5. The average Bonchev–Trinajstić information content (AvgIpc) is 3.24. The number of allylic oxidation sites excluding steroid dienone is 1. The number of benzene rings is 3. The van der Waals surface area contributed by atoms with Crippen LogP contribution in [0.2, 0.25) is 0 Å². The molecule has 1 atom stereocenters. The fourth-order valence-electron chi connectivity index (χ4n) is 4.58. The van der Waals surface area contributed by atoms with Crippen LogP contribution in [-0.2, 0) is 9.59 Å². The van der Waals surface area contributed by atoms with E-state index < -0.39 is 12.0 Å². The second-order valence-corrected chi connectivity index (χ2v) is 11.1. The molecule has 1 aliphatic heterocycles. The van der Waals surface area contributed by atoms with Crippen LogP contribution in [0, 0.1) is 0 Å². The maximum Gasteiger partial charge on any atom is 0.308 e. The maximum absolute atomic E-state index is 14.0. The molecule has 0 radical (unpaired) electrons. The number of nitrogens with one attached hydrogen (secondary N) is 1. The van der Waals surface area contributed by atoms with Gasteiger partial charge in [-0.3, -0.25) is 19.0 Å². The molecule has 208 valence electrons. The third-order valence-corrected chi connectivity index (χ3v) is 7.79. The first-order valence-electron chi connectivity index (χ1n) is 12.8. The molecule has 0 spiro atoms. The van der Waals surface area contributed by atoms with Gasteiger partial charge in [-0.05, 0) is 68.0 Å². The van der Waals surface area contributed by atoms with E-state index in [4.69, 9.17) is 9.47 Å². The molecule has 1 aromatic heterocycles. The zero-order valence-corrected chi connectivity index (χ0v) is 24.9. The first-order chi connectivity index (χ1) is 19.7. The summed E-state index contributed by atoms with van der Waals surface area (Å²) in [5.74, 6) is 0.194. The van der Waals surface area contributed by atoms with Crippen molar-refractivity contribution in [1.29, 1.82) is 0 Å². The SMILES string of the molecule is CCOc1ccc([C@H]2C(C(=O)Nc3ccccc3)=C(C)N=c3s/c(=C\c4cc(Br)ccc4OC(C)=O)c(=O)n32)cc1. The van der Waals surface area contributed by atoms with Crippen molar-refractivity contribution in [2.24, 2.45) is 4.99 Å². The van der Waals surface area contributed by atoms with Crippen molar-refractivity contribution >= 4 is 50.9 Å². The minimum Gasteiger partial charge on any atom is -0.494 e. The van der Waals surface area contributed by atoms with Crippen molar-refractivity contribution < 1.29 is 19.1 Å². The largest absolute Gasteiger partial charge is 0.494 e. The number of carbonyl (C=O) groups is 2. The van der Waals surface area contributed by atoms with E-state index in [1.807, 2.05) is 49.4 Å². The Kier molecular flexibility index (Phi) is 8.32. The second kappa shape index (κ2) is 12.1. The molecule has 0 bridgehead atoms. The lowest BCUT2D eigenvalue weighted by molar-refractivity contribution is -0.131. The minimum absolute atomic E-state index is 0.320. The molecule has 0 unspecified atom stereocenters. The highest BCUT2D eigenvalue weighted by atomic mass is 79.9. The van der Waals surface area contributed by atoms with Crippen LogP contribution < -0.4 is 29.7 Å². The molecule has 8 nitrogen and oxygen atoms in total. The van der Waals surface area contributed by atoms with Crippen molar-refractivity contribution in [1.82, 2.24) is 4.57 Å². The number of anilines is 1. The van der Waals surface area contributed by atoms with Crippen molar-refractivity contribution in [3.63, 3.8) is 0 Å². The molecule has 1 amide bonds. The quantitative estimate of drug-likeness (QED) is 0.230. The van der Waals surface area contributed by atoms with Crippen LogP contribution in [0.15, 0.2) is 98.3 Å². The normalized spacial score (nSPS) is 14.7. The Balaban J connectivity index is 1.67. The van der Waals surface area contributed by atoms with Crippen LogP contribution in [0.3, 0.4) is 0 Å². The number of amides is 1. The van der Waals surface area contributed by atoms with Crippen LogP contribution in [0.4, 0.5) is 5.69 Å². The minimum atomic E-state index is -0.733. The number of ether oxygens (including phenoxy) is 2. The highest BCUT2D eigenvalue weighted by Gasteiger charge is 2.32. The Morgan fingerprint density at radius 3 is 2.51 bits per heavy atom. The van der Waals surface area contributed by atoms with Crippen molar-refractivity contribution in [2.75, 3.05) is 11.9 Å². The molecule has 2 heterocycles. The number of hydrogen-bond donors (Lipinski definition) is 1. The van der Waals surface area contributed by atoms with Gasteiger partial charge in [-0.25, -0.2) is 4.99 Å². The molecule has 0 saturated heterocycles. The van der Waals surface area contributed by atoms with Crippen LogP contribution >= 0.6 is 27.3 Å². The van der Waals surface area contributed by atoms with Crippen LogP contribution in [0.1, 0.15) is 37.9 Å². The topological polar surface area (TPSA) is 99.0 Å². The van der Waals surface area contributed by atoms with Gasteiger partial charge in [-0.1, -0.05) is 57.6 Å². The molecule has 10 heteroatoms. The predicted molar refractivity (Wildman–Crippen MR) is 162 cm³/mol. The summed E-state index contributed by atoms with van der Waals surface area (Å²) in [6.45, 7) is 5.51. The van der Waals surface area contributed by atoms with Crippen molar-refractivity contribution in [2.45, 2.75) is 26.8 Å². The Morgan fingerprint density at radius 2 is 1.83 bits per heavy atom. The molecule has 5 rings (SSSR count). The van der Waals surface area contributed by atoms with Crippen molar-refractivity contribution in [3.05, 3.63) is 119 Å². The van der Waals surface area contributed by atoms with Gasteiger partial charge in [0.2, 0.25) is 0 Å². The predicted octanol–water partition coefficient (Wildman–Crippen LogP) is 4.96. The number of nitrogens with zero attached hydrogens (tertiary/aromatic N) is 2. The van der Waals surface area contributed by atoms with Gasteiger partial charge in [-0.15, -0.1) is 0 Å². The van der Waals surface area contributed by atoms with Gasteiger partial charge in [0.05, 0.1) is 28.5 Å². The summed E-state index contributed by atoms with van der Waals surface area (Å²) in [5.41, 5.74) is 2.47.